The van der Waals surface area contributed by atoms with Crippen molar-refractivity contribution in [2.75, 3.05) is 32.8 Å². The summed E-state index contributed by atoms with van der Waals surface area (Å²) in [7, 11) is 0. The van der Waals surface area contributed by atoms with Gasteiger partial charge in [-0.3, -0.25) is 9.69 Å². The molecule has 0 aromatic carbocycles. The molecule has 0 aromatic rings. The van der Waals surface area contributed by atoms with Crippen LogP contribution in [0.2, 0.25) is 0 Å². The molecule has 0 bridgehead atoms. The zero-order chi connectivity index (χ0) is 13.8. The molecule has 1 heterocycles. The third-order valence-corrected chi connectivity index (χ3v) is 2.55. The van der Waals surface area contributed by atoms with Gasteiger partial charge in [-0.1, -0.05) is 26.7 Å². The standard InChI is InChI=1S/C12H20N2O2.C2H6/c1-3-5-6-14-7-8-16-11(10-14)9-13-12(15)4-2;1-2/h11H,4,6-10H2,1-2H3,(H,13,15);1-2H3. The molecule has 1 atom stereocenters. The number of morpholine rings is 1. The smallest absolute Gasteiger partial charge is 0.219 e. The minimum Gasteiger partial charge on any atom is -0.374 e. The summed E-state index contributed by atoms with van der Waals surface area (Å²) < 4.78 is 5.58. The van der Waals surface area contributed by atoms with E-state index >= 15 is 0 Å². The molecule has 0 radical (unpaired) electrons. The van der Waals surface area contributed by atoms with Crippen molar-refractivity contribution >= 4 is 5.91 Å². The molecule has 0 aromatic heterocycles. The lowest BCUT2D eigenvalue weighted by Gasteiger charge is -2.31. The normalized spacial score (nSPS) is 19.0. The summed E-state index contributed by atoms with van der Waals surface area (Å²) in [5.74, 6) is 6.01. The van der Waals surface area contributed by atoms with Crippen LogP contribution >= 0.6 is 0 Å². The molecule has 1 unspecified atom stereocenters. The second-order valence-electron chi connectivity index (χ2n) is 3.81. The fourth-order valence-electron chi connectivity index (χ4n) is 1.59. The Morgan fingerprint density at radius 2 is 2.22 bits per heavy atom. The summed E-state index contributed by atoms with van der Waals surface area (Å²) in [6.07, 6.45) is 0.625. The van der Waals surface area contributed by atoms with Gasteiger partial charge in [0.05, 0.1) is 19.3 Å². The molecule has 104 valence electrons. The molecule has 4 heteroatoms. The molecule has 0 aliphatic carbocycles. The van der Waals surface area contributed by atoms with Crippen molar-refractivity contribution in [3.05, 3.63) is 0 Å². The van der Waals surface area contributed by atoms with Gasteiger partial charge in [0.2, 0.25) is 5.91 Å². The van der Waals surface area contributed by atoms with Gasteiger partial charge in [0, 0.05) is 26.1 Å². The van der Waals surface area contributed by atoms with E-state index in [-0.39, 0.29) is 12.0 Å². The average molecular weight is 254 g/mol. The second-order valence-corrected chi connectivity index (χ2v) is 3.81. The van der Waals surface area contributed by atoms with Gasteiger partial charge in [-0.15, -0.1) is 5.92 Å². The minimum absolute atomic E-state index is 0.0778. The minimum atomic E-state index is 0.0778. The van der Waals surface area contributed by atoms with Crippen molar-refractivity contribution in [3.63, 3.8) is 0 Å². The predicted molar refractivity (Wildman–Crippen MR) is 74.3 cm³/mol. The number of hydrogen-bond acceptors (Lipinski definition) is 3. The molecule has 18 heavy (non-hydrogen) atoms. The van der Waals surface area contributed by atoms with E-state index in [1.807, 2.05) is 27.7 Å². The van der Waals surface area contributed by atoms with Crippen molar-refractivity contribution in [2.45, 2.75) is 40.2 Å². The number of carbonyl (C=O) groups is 1. The summed E-state index contributed by atoms with van der Waals surface area (Å²) in [5.41, 5.74) is 0. The third kappa shape index (κ3) is 7.31. The van der Waals surface area contributed by atoms with Gasteiger partial charge in [-0.2, -0.15) is 0 Å². The Morgan fingerprint density at radius 3 is 2.83 bits per heavy atom. The molecule has 1 saturated heterocycles. The van der Waals surface area contributed by atoms with Gasteiger partial charge in [0.25, 0.3) is 0 Å². The highest BCUT2D eigenvalue weighted by molar-refractivity contribution is 5.75. The average Bonchev–Trinajstić information content (AvgIpc) is 2.45. The number of amides is 1. The lowest BCUT2D eigenvalue weighted by atomic mass is 10.2. The van der Waals surface area contributed by atoms with Crippen molar-refractivity contribution < 1.29 is 9.53 Å². The first-order chi connectivity index (χ1) is 8.76. The maximum atomic E-state index is 11.1. The quantitative estimate of drug-likeness (QED) is 0.768. The van der Waals surface area contributed by atoms with Gasteiger partial charge in [0.1, 0.15) is 0 Å². The number of nitrogens with zero attached hydrogens (tertiary/aromatic N) is 1. The molecule has 0 spiro atoms. The van der Waals surface area contributed by atoms with Crippen LogP contribution in [-0.2, 0) is 9.53 Å². The fraction of sp³-hybridized carbons (Fsp3) is 0.786. The summed E-state index contributed by atoms with van der Waals surface area (Å²) in [6.45, 7) is 11.6. The van der Waals surface area contributed by atoms with Crippen LogP contribution in [0.4, 0.5) is 0 Å². The second kappa shape index (κ2) is 11.1. The van der Waals surface area contributed by atoms with E-state index in [4.69, 9.17) is 4.74 Å². The van der Waals surface area contributed by atoms with Crippen LogP contribution in [0.1, 0.15) is 34.1 Å². The van der Waals surface area contributed by atoms with Gasteiger partial charge < -0.3 is 10.1 Å². The first-order valence-corrected chi connectivity index (χ1v) is 6.76. The Hall–Kier alpha value is -1.05. The van der Waals surface area contributed by atoms with E-state index in [0.717, 1.165) is 26.2 Å². The summed E-state index contributed by atoms with van der Waals surface area (Å²) >= 11 is 0. The Bertz CT molecular complexity index is 281. The van der Waals surface area contributed by atoms with E-state index in [0.29, 0.717) is 13.0 Å². The zero-order valence-corrected chi connectivity index (χ0v) is 12.1. The number of nitrogens with one attached hydrogen (secondary N) is 1. The van der Waals surface area contributed by atoms with Crippen LogP contribution in [0.5, 0.6) is 0 Å². The van der Waals surface area contributed by atoms with E-state index in [2.05, 4.69) is 22.1 Å². The van der Waals surface area contributed by atoms with Gasteiger partial charge >= 0.3 is 0 Å². The topological polar surface area (TPSA) is 41.6 Å². The van der Waals surface area contributed by atoms with E-state index in [9.17, 15) is 4.79 Å². The monoisotopic (exact) mass is 254 g/mol. The molecular formula is C14H26N2O2. The molecule has 1 N–H and O–H groups in total. The molecule has 1 fully saturated rings. The largest absolute Gasteiger partial charge is 0.374 e. The first-order valence-electron chi connectivity index (χ1n) is 6.76. The first kappa shape index (κ1) is 16.9. The van der Waals surface area contributed by atoms with E-state index < -0.39 is 0 Å². The van der Waals surface area contributed by atoms with Crippen molar-refractivity contribution in [1.29, 1.82) is 0 Å². The number of hydrogen-bond donors (Lipinski definition) is 1. The SMILES string of the molecule is CC.CC#CCN1CCOC(CNC(=O)CC)C1. The zero-order valence-electron chi connectivity index (χ0n) is 12.1. The molecule has 1 rings (SSSR count). The highest BCUT2D eigenvalue weighted by Crippen LogP contribution is 2.03. The third-order valence-electron chi connectivity index (χ3n) is 2.55. The van der Waals surface area contributed by atoms with Gasteiger partial charge in [0.15, 0.2) is 0 Å². The van der Waals surface area contributed by atoms with Crippen molar-refractivity contribution in [1.82, 2.24) is 10.2 Å². The van der Waals surface area contributed by atoms with Crippen LogP contribution in [0.3, 0.4) is 0 Å². The number of ether oxygens (including phenoxy) is 1. The molecule has 1 aliphatic heterocycles. The van der Waals surface area contributed by atoms with Crippen LogP contribution in [0.25, 0.3) is 0 Å². The molecular weight excluding hydrogens is 228 g/mol. The van der Waals surface area contributed by atoms with Crippen molar-refractivity contribution in [2.24, 2.45) is 0 Å². The van der Waals surface area contributed by atoms with Crippen LogP contribution in [0, 0.1) is 11.8 Å². The Morgan fingerprint density at radius 1 is 1.50 bits per heavy atom. The van der Waals surface area contributed by atoms with Crippen LogP contribution < -0.4 is 5.32 Å². The summed E-state index contributed by atoms with van der Waals surface area (Å²) in [5, 5.41) is 2.85. The molecule has 1 amide bonds. The maximum absolute atomic E-state index is 11.1. The van der Waals surface area contributed by atoms with Gasteiger partial charge in [-0.05, 0) is 6.92 Å². The highest BCUT2D eigenvalue weighted by atomic mass is 16.5. The number of rotatable bonds is 4. The number of carbonyl (C=O) groups excluding carboxylic acids is 1. The molecule has 0 saturated carbocycles. The van der Waals surface area contributed by atoms with E-state index in [1.165, 1.54) is 0 Å². The lowest BCUT2D eigenvalue weighted by molar-refractivity contribution is -0.121. The van der Waals surface area contributed by atoms with Crippen molar-refractivity contribution in [3.8, 4) is 11.8 Å². The fourth-order valence-corrected chi connectivity index (χ4v) is 1.59. The molecule has 1 aliphatic rings. The summed E-state index contributed by atoms with van der Waals surface area (Å²) in [6, 6.07) is 0. The van der Waals surface area contributed by atoms with Crippen LogP contribution in [0.15, 0.2) is 0 Å². The Labute approximate surface area is 111 Å². The lowest BCUT2D eigenvalue weighted by Crippen LogP contribution is -2.47. The Kier molecular flexibility index (Phi) is 10.4. The predicted octanol–water partition coefficient (Wildman–Crippen LogP) is 1.26. The summed E-state index contributed by atoms with van der Waals surface area (Å²) in [4.78, 5) is 13.4. The Balaban J connectivity index is 0.00000137. The highest BCUT2D eigenvalue weighted by Gasteiger charge is 2.19. The van der Waals surface area contributed by atoms with E-state index in [1.54, 1.807) is 0 Å². The van der Waals surface area contributed by atoms with Crippen LogP contribution in [-0.4, -0.2) is 49.7 Å². The molecule has 4 nitrogen and oxygen atoms in total. The van der Waals surface area contributed by atoms with Gasteiger partial charge in [-0.25, -0.2) is 0 Å². The maximum Gasteiger partial charge on any atom is 0.219 e.